The van der Waals surface area contributed by atoms with Crippen molar-refractivity contribution in [2.24, 2.45) is 5.92 Å². The van der Waals surface area contributed by atoms with Crippen LogP contribution in [0, 0.1) is 5.92 Å². The number of nitrogens with zero attached hydrogens (tertiary/aromatic N) is 2. The lowest BCUT2D eigenvalue weighted by molar-refractivity contribution is -0.139. The maximum atomic E-state index is 12.7. The van der Waals surface area contributed by atoms with Gasteiger partial charge in [-0.05, 0) is 38.1 Å². The van der Waals surface area contributed by atoms with Crippen molar-refractivity contribution >= 4 is 17.9 Å². The maximum Gasteiger partial charge on any atom is 0.318 e. The molecule has 3 N–H and O–H groups in total. The van der Waals surface area contributed by atoms with E-state index in [2.05, 4.69) is 10.6 Å². The molecule has 1 unspecified atom stereocenters. The summed E-state index contributed by atoms with van der Waals surface area (Å²) >= 11 is 0. The van der Waals surface area contributed by atoms with Gasteiger partial charge < -0.3 is 20.6 Å². The molecule has 1 aliphatic heterocycles. The van der Waals surface area contributed by atoms with E-state index >= 15 is 0 Å². The summed E-state index contributed by atoms with van der Waals surface area (Å²) in [5, 5.41) is 14.9. The first-order chi connectivity index (χ1) is 12.3. The minimum Gasteiger partial charge on any atom is -0.480 e. The van der Waals surface area contributed by atoms with Gasteiger partial charge in [0.15, 0.2) is 0 Å². The summed E-state index contributed by atoms with van der Waals surface area (Å²) in [5.41, 5.74) is 0. The molecule has 8 nitrogen and oxygen atoms in total. The predicted octanol–water partition coefficient (Wildman–Crippen LogP) is 0.870. The first-order valence-corrected chi connectivity index (χ1v) is 9.62. The average Bonchev–Trinajstić information content (AvgIpc) is 2.70. The molecule has 2 aliphatic rings. The Morgan fingerprint density at radius 3 is 2.65 bits per heavy atom. The summed E-state index contributed by atoms with van der Waals surface area (Å²) in [6.45, 7) is 7.92. The van der Waals surface area contributed by atoms with E-state index in [0.29, 0.717) is 32.0 Å². The number of carbonyl (C=O) groups excluding carboxylic acids is 2. The fourth-order valence-electron chi connectivity index (χ4n) is 3.73. The van der Waals surface area contributed by atoms with Gasteiger partial charge in [-0.1, -0.05) is 20.8 Å². The van der Waals surface area contributed by atoms with E-state index < -0.39 is 12.0 Å². The van der Waals surface area contributed by atoms with Crippen LogP contribution in [0.25, 0.3) is 0 Å². The number of carboxylic acid groups (broad SMARTS) is 1. The molecule has 0 spiro atoms. The van der Waals surface area contributed by atoms with Gasteiger partial charge in [0.05, 0.1) is 6.54 Å². The first-order valence-electron chi connectivity index (χ1n) is 9.62. The van der Waals surface area contributed by atoms with E-state index in [1.165, 1.54) is 0 Å². The third-order valence-electron chi connectivity index (χ3n) is 5.21. The Kier molecular flexibility index (Phi) is 7.25. The standard InChI is InChI=1S/C18H32N4O4/c1-4-21(11-16(23)24)14-9-13(10-14)20-18(26)22-7-5-6-19-17(25)15(22)8-12(2)3/h12-15H,4-11H2,1-3H3,(H,19,25)(H,20,26)(H,23,24). The van der Waals surface area contributed by atoms with Crippen LogP contribution in [0.4, 0.5) is 4.79 Å². The molecule has 3 amide bonds. The second-order valence-electron chi connectivity index (χ2n) is 7.71. The molecule has 1 heterocycles. The summed E-state index contributed by atoms with van der Waals surface area (Å²) < 4.78 is 0. The quantitative estimate of drug-likeness (QED) is 0.619. The van der Waals surface area contributed by atoms with Crippen LogP contribution in [-0.4, -0.2) is 77.1 Å². The fourth-order valence-corrected chi connectivity index (χ4v) is 3.73. The fraction of sp³-hybridized carbons (Fsp3) is 0.833. The molecular weight excluding hydrogens is 336 g/mol. The monoisotopic (exact) mass is 368 g/mol. The Hall–Kier alpha value is -1.83. The van der Waals surface area contributed by atoms with Crippen LogP contribution in [0.15, 0.2) is 0 Å². The van der Waals surface area contributed by atoms with Crippen molar-refractivity contribution in [3.8, 4) is 0 Å². The lowest BCUT2D eigenvalue weighted by Crippen LogP contribution is -2.59. The van der Waals surface area contributed by atoms with Gasteiger partial charge in [0.25, 0.3) is 0 Å². The lowest BCUT2D eigenvalue weighted by atomic mass is 9.85. The Morgan fingerprint density at radius 1 is 1.38 bits per heavy atom. The number of amides is 3. The highest BCUT2D eigenvalue weighted by atomic mass is 16.4. The molecule has 0 aromatic carbocycles. The summed E-state index contributed by atoms with van der Waals surface area (Å²) in [5.74, 6) is -0.579. The summed E-state index contributed by atoms with van der Waals surface area (Å²) in [6, 6.07) is -0.369. The second kappa shape index (κ2) is 9.21. The number of carboxylic acids is 1. The van der Waals surface area contributed by atoms with Crippen LogP contribution < -0.4 is 10.6 Å². The number of hydrogen-bond donors (Lipinski definition) is 3. The zero-order valence-corrected chi connectivity index (χ0v) is 16.0. The van der Waals surface area contributed by atoms with Gasteiger partial charge in [0.2, 0.25) is 5.91 Å². The Balaban J connectivity index is 1.90. The number of rotatable bonds is 7. The molecule has 1 aliphatic carbocycles. The Labute approximate surface area is 155 Å². The number of aliphatic carboxylic acids is 1. The Morgan fingerprint density at radius 2 is 2.08 bits per heavy atom. The van der Waals surface area contributed by atoms with Crippen molar-refractivity contribution in [1.82, 2.24) is 20.4 Å². The molecule has 8 heteroatoms. The number of likely N-dealkylation sites (N-methyl/N-ethyl adjacent to an activating group) is 1. The van der Waals surface area contributed by atoms with Crippen molar-refractivity contribution in [2.75, 3.05) is 26.2 Å². The van der Waals surface area contributed by atoms with E-state index in [1.807, 2.05) is 25.7 Å². The summed E-state index contributed by atoms with van der Waals surface area (Å²) in [4.78, 5) is 39.6. The van der Waals surface area contributed by atoms with Gasteiger partial charge in [-0.15, -0.1) is 0 Å². The van der Waals surface area contributed by atoms with E-state index in [9.17, 15) is 14.4 Å². The number of nitrogens with one attached hydrogen (secondary N) is 2. The van der Waals surface area contributed by atoms with Gasteiger partial charge in [-0.2, -0.15) is 0 Å². The minimum atomic E-state index is -0.827. The van der Waals surface area contributed by atoms with Gasteiger partial charge >= 0.3 is 12.0 Å². The highest BCUT2D eigenvalue weighted by Crippen LogP contribution is 2.26. The molecule has 26 heavy (non-hydrogen) atoms. The zero-order valence-electron chi connectivity index (χ0n) is 16.0. The molecule has 0 bridgehead atoms. The van der Waals surface area contributed by atoms with Crippen molar-refractivity contribution in [2.45, 2.75) is 64.6 Å². The van der Waals surface area contributed by atoms with Crippen LogP contribution in [-0.2, 0) is 9.59 Å². The van der Waals surface area contributed by atoms with Gasteiger partial charge in [-0.25, -0.2) is 4.79 Å². The molecule has 1 saturated heterocycles. The van der Waals surface area contributed by atoms with Gasteiger partial charge in [-0.3, -0.25) is 14.5 Å². The highest BCUT2D eigenvalue weighted by molar-refractivity contribution is 5.87. The van der Waals surface area contributed by atoms with Crippen molar-refractivity contribution in [3.05, 3.63) is 0 Å². The average molecular weight is 368 g/mol. The molecule has 1 atom stereocenters. The van der Waals surface area contributed by atoms with Crippen LogP contribution in [0.1, 0.15) is 46.5 Å². The molecule has 1 saturated carbocycles. The lowest BCUT2D eigenvalue weighted by Gasteiger charge is -2.43. The molecule has 0 radical (unpaired) electrons. The number of urea groups is 1. The van der Waals surface area contributed by atoms with Crippen LogP contribution in [0.2, 0.25) is 0 Å². The number of carbonyl (C=O) groups is 3. The second-order valence-corrected chi connectivity index (χ2v) is 7.71. The van der Waals surface area contributed by atoms with Gasteiger partial charge in [0, 0.05) is 25.2 Å². The van der Waals surface area contributed by atoms with Gasteiger partial charge in [0.1, 0.15) is 6.04 Å². The highest BCUT2D eigenvalue weighted by Gasteiger charge is 2.37. The van der Waals surface area contributed by atoms with E-state index in [1.54, 1.807) is 4.90 Å². The van der Waals surface area contributed by atoms with Crippen LogP contribution in [0.5, 0.6) is 0 Å². The molecule has 0 aromatic rings. The third-order valence-corrected chi connectivity index (χ3v) is 5.21. The predicted molar refractivity (Wildman–Crippen MR) is 97.8 cm³/mol. The largest absolute Gasteiger partial charge is 0.480 e. The molecule has 0 aromatic heterocycles. The minimum absolute atomic E-state index is 0.0323. The molecule has 148 valence electrons. The van der Waals surface area contributed by atoms with Crippen molar-refractivity contribution in [3.63, 3.8) is 0 Å². The van der Waals surface area contributed by atoms with Crippen LogP contribution in [0.3, 0.4) is 0 Å². The molecule has 2 fully saturated rings. The summed E-state index contributed by atoms with van der Waals surface area (Å²) in [6.07, 6.45) is 2.90. The van der Waals surface area contributed by atoms with Crippen molar-refractivity contribution < 1.29 is 19.5 Å². The molecular formula is C18H32N4O4. The molecule has 2 rings (SSSR count). The third kappa shape index (κ3) is 5.33. The van der Waals surface area contributed by atoms with Crippen LogP contribution >= 0.6 is 0 Å². The van der Waals surface area contributed by atoms with E-state index in [-0.39, 0.29) is 30.6 Å². The smallest absolute Gasteiger partial charge is 0.318 e. The number of hydrogen-bond acceptors (Lipinski definition) is 4. The van der Waals surface area contributed by atoms with Crippen molar-refractivity contribution in [1.29, 1.82) is 0 Å². The van der Waals surface area contributed by atoms with E-state index in [0.717, 1.165) is 19.3 Å². The Bertz CT molecular complexity index is 519. The topological polar surface area (TPSA) is 102 Å². The maximum absolute atomic E-state index is 12.7. The SMILES string of the molecule is CCN(CC(=O)O)C1CC(NC(=O)N2CCCNC(=O)C2CC(C)C)C1. The van der Waals surface area contributed by atoms with E-state index in [4.69, 9.17) is 5.11 Å². The normalized spacial score (nSPS) is 26.3. The summed E-state index contributed by atoms with van der Waals surface area (Å²) in [7, 11) is 0. The zero-order chi connectivity index (χ0) is 19.3. The first kappa shape index (κ1) is 20.5.